The number of piperazine rings is 1. The lowest BCUT2D eigenvalue weighted by Gasteiger charge is -2.36. The molecule has 1 aromatic rings. The average molecular weight is 263 g/mol. The molecule has 0 radical (unpaired) electrons. The lowest BCUT2D eigenvalue weighted by atomic mass is 10.1. The van der Waals surface area contributed by atoms with Gasteiger partial charge in [-0.3, -0.25) is 4.79 Å². The molecule has 0 bridgehead atoms. The third-order valence-corrected chi connectivity index (χ3v) is 3.27. The minimum atomic E-state index is -0.142. The molecule has 1 aliphatic rings. The van der Waals surface area contributed by atoms with Crippen LogP contribution in [0.5, 0.6) is 0 Å². The van der Waals surface area contributed by atoms with Gasteiger partial charge < -0.3 is 15.5 Å². The number of rotatable bonds is 4. The first-order valence-corrected chi connectivity index (χ1v) is 6.79. The molecule has 1 aromatic heterocycles. The van der Waals surface area contributed by atoms with E-state index in [0.717, 1.165) is 30.9 Å². The Hall–Kier alpha value is -1.85. The molecule has 2 heterocycles. The molecule has 0 saturated carbocycles. The normalized spacial score (nSPS) is 19.2. The van der Waals surface area contributed by atoms with Gasteiger partial charge in [-0.2, -0.15) is 4.98 Å². The highest BCUT2D eigenvalue weighted by Crippen LogP contribution is 2.22. The van der Waals surface area contributed by atoms with E-state index in [1.165, 1.54) is 0 Å². The highest BCUT2D eigenvalue weighted by atomic mass is 16.2. The minimum Gasteiger partial charge on any atom is -0.354 e. The monoisotopic (exact) mass is 263 g/mol. The summed E-state index contributed by atoms with van der Waals surface area (Å²) in [7, 11) is 0. The Morgan fingerprint density at radius 2 is 2.32 bits per heavy atom. The maximum absolute atomic E-state index is 11.9. The van der Waals surface area contributed by atoms with Gasteiger partial charge in [0, 0.05) is 31.4 Å². The van der Waals surface area contributed by atoms with Crippen molar-refractivity contribution in [2.24, 2.45) is 0 Å². The molecule has 6 heteroatoms. The Bertz CT molecular complexity index is 462. The van der Waals surface area contributed by atoms with Crippen LogP contribution in [0.1, 0.15) is 25.8 Å². The van der Waals surface area contributed by atoms with Crippen LogP contribution in [0.2, 0.25) is 0 Å². The molecule has 2 rings (SSSR count). The van der Waals surface area contributed by atoms with Gasteiger partial charge in [-0.1, -0.05) is 6.92 Å². The molecule has 1 unspecified atom stereocenters. The summed E-state index contributed by atoms with van der Waals surface area (Å²) in [6.07, 6.45) is 2.57. The molecule has 1 amide bonds. The molecule has 0 aliphatic carbocycles. The fourth-order valence-corrected chi connectivity index (χ4v) is 2.34. The number of hydrogen-bond acceptors (Lipinski definition) is 5. The lowest BCUT2D eigenvalue weighted by molar-refractivity contribution is -0.123. The second-order valence-electron chi connectivity index (χ2n) is 4.64. The van der Waals surface area contributed by atoms with E-state index in [1.54, 1.807) is 6.20 Å². The summed E-state index contributed by atoms with van der Waals surface area (Å²) in [5.74, 6) is 1.55. The maximum Gasteiger partial charge on any atom is 0.242 e. The number of aryl methyl sites for hydroxylation is 1. The second kappa shape index (κ2) is 5.86. The number of carbonyl (C=O) groups excluding carboxylic acids is 1. The number of carbonyl (C=O) groups is 1. The van der Waals surface area contributed by atoms with Crippen LogP contribution in [0.3, 0.4) is 0 Å². The van der Waals surface area contributed by atoms with Crippen LogP contribution in [0, 0.1) is 6.92 Å². The van der Waals surface area contributed by atoms with Gasteiger partial charge in [-0.05, 0) is 20.3 Å². The van der Waals surface area contributed by atoms with Crippen molar-refractivity contribution in [3.8, 4) is 0 Å². The smallest absolute Gasteiger partial charge is 0.242 e. The van der Waals surface area contributed by atoms with Gasteiger partial charge in [0.2, 0.25) is 11.9 Å². The van der Waals surface area contributed by atoms with Crippen molar-refractivity contribution in [1.29, 1.82) is 0 Å². The predicted octanol–water partition coefficient (Wildman–Crippen LogP) is 0.932. The molecular weight excluding hydrogens is 242 g/mol. The molecule has 1 fully saturated rings. The van der Waals surface area contributed by atoms with E-state index in [1.807, 2.05) is 20.8 Å². The van der Waals surface area contributed by atoms with Crippen molar-refractivity contribution >= 4 is 17.7 Å². The fourth-order valence-electron chi connectivity index (χ4n) is 2.34. The Labute approximate surface area is 113 Å². The molecule has 1 saturated heterocycles. The van der Waals surface area contributed by atoms with Gasteiger partial charge in [-0.25, -0.2) is 4.98 Å². The van der Waals surface area contributed by atoms with Crippen molar-refractivity contribution < 1.29 is 4.79 Å². The first-order valence-electron chi connectivity index (χ1n) is 6.79. The third kappa shape index (κ3) is 2.77. The SMILES string of the molecule is CCNc1ncc(C)c(N2CCNC(=O)C2CC)n1. The van der Waals surface area contributed by atoms with Crippen molar-refractivity contribution in [2.45, 2.75) is 33.2 Å². The van der Waals surface area contributed by atoms with Crippen molar-refractivity contribution in [2.75, 3.05) is 29.9 Å². The largest absolute Gasteiger partial charge is 0.354 e. The van der Waals surface area contributed by atoms with E-state index >= 15 is 0 Å². The second-order valence-corrected chi connectivity index (χ2v) is 4.64. The van der Waals surface area contributed by atoms with E-state index in [-0.39, 0.29) is 11.9 Å². The van der Waals surface area contributed by atoms with E-state index in [2.05, 4.69) is 25.5 Å². The zero-order valence-electron chi connectivity index (χ0n) is 11.7. The average Bonchev–Trinajstić information content (AvgIpc) is 2.41. The Morgan fingerprint density at radius 1 is 1.53 bits per heavy atom. The van der Waals surface area contributed by atoms with E-state index in [4.69, 9.17) is 0 Å². The number of anilines is 2. The van der Waals surface area contributed by atoms with E-state index < -0.39 is 0 Å². The molecule has 0 spiro atoms. The Morgan fingerprint density at radius 3 is 3.00 bits per heavy atom. The summed E-state index contributed by atoms with van der Waals surface area (Å²) in [5, 5.41) is 6.01. The standard InChI is InChI=1S/C13H21N5O/c1-4-10-12(19)15-6-7-18(10)11-9(3)8-16-13(17-11)14-5-2/h8,10H,4-7H2,1-3H3,(H,15,19)(H,14,16,17). The van der Waals surface area contributed by atoms with Crippen molar-refractivity contribution in [3.05, 3.63) is 11.8 Å². The van der Waals surface area contributed by atoms with Gasteiger partial charge >= 0.3 is 0 Å². The summed E-state index contributed by atoms with van der Waals surface area (Å²) in [6, 6.07) is -0.142. The Balaban J connectivity index is 2.33. The topological polar surface area (TPSA) is 70.2 Å². The van der Waals surface area contributed by atoms with E-state index in [9.17, 15) is 4.79 Å². The van der Waals surface area contributed by atoms with Crippen LogP contribution in [0.25, 0.3) is 0 Å². The molecule has 19 heavy (non-hydrogen) atoms. The molecule has 0 aromatic carbocycles. The van der Waals surface area contributed by atoms with Crippen molar-refractivity contribution in [1.82, 2.24) is 15.3 Å². The lowest BCUT2D eigenvalue weighted by Crippen LogP contribution is -2.55. The van der Waals surface area contributed by atoms with Crippen molar-refractivity contribution in [3.63, 3.8) is 0 Å². The number of aromatic nitrogens is 2. The van der Waals surface area contributed by atoms with Gasteiger partial charge in [0.25, 0.3) is 0 Å². The molecule has 2 N–H and O–H groups in total. The summed E-state index contributed by atoms with van der Waals surface area (Å²) < 4.78 is 0. The van der Waals surface area contributed by atoms with Gasteiger partial charge in [0.1, 0.15) is 11.9 Å². The van der Waals surface area contributed by atoms with Gasteiger partial charge in [0.05, 0.1) is 0 Å². The molecule has 104 valence electrons. The molecule has 1 atom stereocenters. The van der Waals surface area contributed by atoms with Crippen LogP contribution in [0.4, 0.5) is 11.8 Å². The minimum absolute atomic E-state index is 0.0803. The number of nitrogens with zero attached hydrogens (tertiary/aromatic N) is 3. The molecular formula is C13H21N5O. The number of nitrogens with one attached hydrogen (secondary N) is 2. The van der Waals surface area contributed by atoms with E-state index in [0.29, 0.717) is 12.5 Å². The third-order valence-electron chi connectivity index (χ3n) is 3.27. The van der Waals surface area contributed by atoms with Crippen LogP contribution in [-0.4, -0.2) is 41.6 Å². The Kier molecular flexibility index (Phi) is 4.19. The molecule has 1 aliphatic heterocycles. The highest BCUT2D eigenvalue weighted by Gasteiger charge is 2.30. The first kappa shape index (κ1) is 13.6. The predicted molar refractivity (Wildman–Crippen MR) is 75.4 cm³/mol. The zero-order chi connectivity index (χ0) is 13.8. The van der Waals surface area contributed by atoms with Gasteiger partial charge in [0.15, 0.2) is 0 Å². The number of amides is 1. The summed E-state index contributed by atoms with van der Waals surface area (Å²) in [6.45, 7) is 8.23. The fraction of sp³-hybridized carbons (Fsp3) is 0.615. The quantitative estimate of drug-likeness (QED) is 0.845. The van der Waals surface area contributed by atoms with Crippen LogP contribution >= 0.6 is 0 Å². The van der Waals surface area contributed by atoms with Gasteiger partial charge in [-0.15, -0.1) is 0 Å². The van der Waals surface area contributed by atoms with Crippen LogP contribution < -0.4 is 15.5 Å². The zero-order valence-corrected chi connectivity index (χ0v) is 11.7. The summed E-state index contributed by atoms with van der Waals surface area (Å²) in [5.41, 5.74) is 0.995. The highest BCUT2D eigenvalue weighted by molar-refractivity contribution is 5.86. The maximum atomic E-state index is 11.9. The van der Waals surface area contributed by atoms with Crippen LogP contribution in [0.15, 0.2) is 6.20 Å². The van der Waals surface area contributed by atoms with Crippen LogP contribution in [-0.2, 0) is 4.79 Å². The molecule has 6 nitrogen and oxygen atoms in total. The summed E-state index contributed by atoms with van der Waals surface area (Å²) >= 11 is 0. The number of hydrogen-bond donors (Lipinski definition) is 2. The summed E-state index contributed by atoms with van der Waals surface area (Å²) in [4.78, 5) is 22.8. The first-order chi connectivity index (χ1) is 9.17.